The van der Waals surface area contributed by atoms with Gasteiger partial charge in [0.15, 0.2) is 0 Å². The molecule has 0 fully saturated rings. The second-order valence-electron chi connectivity index (χ2n) is 4.77. The van der Waals surface area contributed by atoms with Gasteiger partial charge in [0, 0.05) is 22.8 Å². The lowest BCUT2D eigenvalue weighted by atomic mass is 10.3. The summed E-state index contributed by atoms with van der Waals surface area (Å²) in [5, 5.41) is 9.06. The maximum atomic E-state index is 12.1. The van der Waals surface area contributed by atoms with Crippen LogP contribution in [0.15, 0.2) is 23.6 Å². The van der Waals surface area contributed by atoms with Crippen LogP contribution in [0.1, 0.15) is 26.9 Å². The van der Waals surface area contributed by atoms with Gasteiger partial charge in [0.05, 0.1) is 0 Å². The first-order chi connectivity index (χ1) is 10.1. The van der Waals surface area contributed by atoms with Crippen molar-refractivity contribution in [3.63, 3.8) is 0 Å². The van der Waals surface area contributed by atoms with Crippen LogP contribution < -0.4 is 5.32 Å². The highest BCUT2D eigenvalue weighted by atomic mass is 32.1. The number of hydrogen-bond donors (Lipinski definition) is 1. The van der Waals surface area contributed by atoms with Gasteiger partial charge >= 0.3 is 0 Å². The molecule has 0 saturated carbocycles. The fraction of sp³-hybridized carbons (Fsp3) is 0.286. The molecule has 3 rings (SSSR count). The Morgan fingerprint density at radius 2 is 2.24 bits per heavy atom. The van der Waals surface area contributed by atoms with E-state index in [0.717, 1.165) is 17.8 Å². The molecule has 0 aliphatic carbocycles. The molecule has 1 amide bonds. The lowest BCUT2D eigenvalue weighted by Crippen LogP contribution is -2.26. The molecule has 0 aliphatic heterocycles. The van der Waals surface area contributed by atoms with Crippen LogP contribution in [0.2, 0.25) is 0 Å². The largest absolute Gasteiger partial charge is 0.349 e. The molecule has 6 nitrogen and oxygen atoms in total. The summed E-state index contributed by atoms with van der Waals surface area (Å²) in [4.78, 5) is 21.8. The molecular weight excluding hydrogens is 286 g/mol. The van der Waals surface area contributed by atoms with E-state index in [2.05, 4.69) is 26.4 Å². The normalized spacial score (nSPS) is 11.0. The van der Waals surface area contributed by atoms with Crippen LogP contribution in [0.25, 0.3) is 5.78 Å². The van der Waals surface area contributed by atoms with Crippen LogP contribution >= 0.6 is 11.3 Å². The van der Waals surface area contributed by atoms with Crippen molar-refractivity contribution in [2.45, 2.75) is 20.3 Å². The Balaban J connectivity index is 1.71. The molecule has 108 valence electrons. The third-order valence-electron chi connectivity index (χ3n) is 3.06. The zero-order valence-electron chi connectivity index (χ0n) is 11.8. The lowest BCUT2D eigenvalue weighted by molar-refractivity contribution is 0.0944. The molecule has 0 aromatic carbocycles. The Morgan fingerprint density at radius 1 is 1.38 bits per heavy atom. The molecule has 0 saturated heterocycles. The molecule has 0 bridgehead atoms. The second-order valence-corrected chi connectivity index (χ2v) is 5.80. The summed E-state index contributed by atoms with van der Waals surface area (Å²) < 4.78 is 1.58. The first-order valence-electron chi connectivity index (χ1n) is 6.65. The SMILES string of the molecule is Cc1cc(C)n2nc(C(=O)NCCc3cccs3)nc2n1. The Kier molecular flexibility index (Phi) is 3.66. The monoisotopic (exact) mass is 301 g/mol. The summed E-state index contributed by atoms with van der Waals surface area (Å²) >= 11 is 1.68. The van der Waals surface area contributed by atoms with Crippen molar-refractivity contribution in [3.05, 3.63) is 45.7 Å². The number of hydrogen-bond acceptors (Lipinski definition) is 5. The number of amides is 1. The topological polar surface area (TPSA) is 72.2 Å². The molecule has 0 atom stereocenters. The predicted octanol–water partition coefficient (Wildman–Crippen LogP) is 1.78. The van der Waals surface area contributed by atoms with E-state index < -0.39 is 0 Å². The predicted molar refractivity (Wildman–Crippen MR) is 80.6 cm³/mol. The van der Waals surface area contributed by atoms with E-state index in [9.17, 15) is 4.79 Å². The summed E-state index contributed by atoms with van der Waals surface area (Å²) in [6.07, 6.45) is 0.813. The maximum absolute atomic E-state index is 12.1. The number of nitrogens with zero attached hydrogens (tertiary/aromatic N) is 4. The van der Waals surface area contributed by atoms with Gasteiger partial charge in [-0.1, -0.05) is 6.07 Å². The van der Waals surface area contributed by atoms with Crippen LogP contribution in [-0.4, -0.2) is 32.0 Å². The summed E-state index contributed by atoms with van der Waals surface area (Å²) in [6, 6.07) is 5.96. The van der Waals surface area contributed by atoms with Crippen molar-refractivity contribution in [2.75, 3.05) is 6.54 Å². The highest BCUT2D eigenvalue weighted by Gasteiger charge is 2.14. The molecule has 3 aromatic heterocycles. The highest BCUT2D eigenvalue weighted by molar-refractivity contribution is 7.09. The van der Waals surface area contributed by atoms with Gasteiger partial charge in [-0.15, -0.1) is 16.4 Å². The van der Waals surface area contributed by atoms with Gasteiger partial charge in [-0.05, 0) is 37.8 Å². The first-order valence-corrected chi connectivity index (χ1v) is 7.53. The number of aromatic nitrogens is 4. The minimum Gasteiger partial charge on any atom is -0.349 e. The third-order valence-corrected chi connectivity index (χ3v) is 3.99. The molecule has 1 N–H and O–H groups in total. The molecule has 7 heteroatoms. The maximum Gasteiger partial charge on any atom is 0.291 e. The minimum atomic E-state index is -0.269. The Labute approximate surface area is 125 Å². The molecule has 21 heavy (non-hydrogen) atoms. The molecule has 0 unspecified atom stereocenters. The molecule has 3 aromatic rings. The average Bonchev–Trinajstić information content (AvgIpc) is 3.07. The van der Waals surface area contributed by atoms with E-state index in [4.69, 9.17) is 0 Å². The van der Waals surface area contributed by atoms with Gasteiger partial charge in [-0.2, -0.15) is 4.98 Å². The number of nitrogens with one attached hydrogen (secondary N) is 1. The van der Waals surface area contributed by atoms with Crippen molar-refractivity contribution in [3.8, 4) is 0 Å². The standard InChI is InChI=1S/C14H15N5OS/c1-9-8-10(2)19-14(16-9)17-12(18-19)13(20)15-6-5-11-4-3-7-21-11/h3-4,7-8H,5-6H2,1-2H3,(H,15,20). The molecule has 3 heterocycles. The smallest absolute Gasteiger partial charge is 0.291 e. The number of aryl methyl sites for hydroxylation is 2. The summed E-state index contributed by atoms with van der Waals surface area (Å²) in [5.41, 5.74) is 1.76. The van der Waals surface area contributed by atoms with Gasteiger partial charge < -0.3 is 5.32 Å². The van der Waals surface area contributed by atoms with E-state index in [1.165, 1.54) is 4.88 Å². The lowest BCUT2D eigenvalue weighted by Gasteiger charge is -2.00. The van der Waals surface area contributed by atoms with Crippen LogP contribution in [-0.2, 0) is 6.42 Å². The number of carbonyl (C=O) groups is 1. The van der Waals surface area contributed by atoms with E-state index in [-0.39, 0.29) is 11.7 Å². The average molecular weight is 301 g/mol. The summed E-state index contributed by atoms with van der Waals surface area (Å²) in [7, 11) is 0. The number of carbonyl (C=O) groups excluding carboxylic acids is 1. The zero-order chi connectivity index (χ0) is 14.8. The Bertz CT molecular complexity index is 778. The fourth-order valence-electron chi connectivity index (χ4n) is 2.10. The van der Waals surface area contributed by atoms with Gasteiger partial charge in [0.1, 0.15) is 0 Å². The molecule has 0 spiro atoms. The Hall–Kier alpha value is -2.28. The fourth-order valence-corrected chi connectivity index (χ4v) is 2.80. The first kappa shape index (κ1) is 13.7. The van der Waals surface area contributed by atoms with Crippen molar-refractivity contribution in [1.29, 1.82) is 0 Å². The summed E-state index contributed by atoms with van der Waals surface area (Å²) in [5.74, 6) is 0.340. The zero-order valence-corrected chi connectivity index (χ0v) is 12.6. The van der Waals surface area contributed by atoms with E-state index in [1.54, 1.807) is 15.9 Å². The third kappa shape index (κ3) is 2.92. The van der Waals surface area contributed by atoms with Gasteiger partial charge in [-0.3, -0.25) is 4.79 Å². The number of fused-ring (bicyclic) bond motifs is 1. The highest BCUT2D eigenvalue weighted by Crippen LogP contribution is 2.08. The van der Waals surface area contributed by atoms with E-state index in [0.29, 0.717) is 12.3 Å². The van der Waals surface area contributed by atoms with Crippen LogP contribution in [0.4, 0.5) is 0 Å². The van der Waals surface area contributed by atoms with Gasteiger partial charge in [0.25, 0.3) is 11.7 Å². The summed E-state index contributed by atoms with van der Waals surface area (Å²) in [6.45, 7) is 4.37. The molecule has 0 radical (unpaired) electrons. The van der Waals surface area contributed by atoms with Crippen LogP contribution in [0.3, 0.4) is 0 Å². The van der Waals surface area contributed by atoms with Gasteiger partial charge in [0.2, 0.25) is 5.82 Å². The van der Waals surface area contributed by atoms with Crippen LogP contribution in [0, 0.1) is 13.8 Å². The van der Waals surface area contributed by atoms with E-state index >= 15 is 0 Å². The second kappa shape index (κ2) is 5.61. The quantitative estimate of drug-likeness (QED) is 0.797. The number of thiophene rings is 1. The van der Waals surface area contributed by atoms with Gasteiger partial charge in [-0.25, -0.2) is 9.50 Å². The van der Waals surface area contributed by atoms with Crippen molar-refractivity contribution >= 4 is 23.0 Å². The van der Waals surface area contributed by atoms with Crippen molar-refractivity contribution < 1.29 is 4.79 Å². The van der Waals surface area contributed by atoms with Crippen LogP contribution in [0.5, 0.6) is 0 Å². The van der Waals surface area contributed by atoms with E-state index in [1.807, 2.05) is 31.4 Å². The Morgan fingerprint density at radius 3 is 3.00 bits per heavy atom. The van der Waals surface area contributed by atoms with Crippen molar-refractivity contribution in [2.24, 2.45) is 0 Å². The van der Waals surface area contributed by atoms with Crippen molar-refractivity contribution in [1.82, 2.24) is 24.9 Å². The molecular formula is C14H15N5OS. The minimum absolute atomic E-state index is 0.155. The molecule has 0 aliphatic rings. The number of rotatable bonds is 4.